The van der Waals surface area contributed by atoms with Crippen molar-refractivity contribution in [3.05, 3.63) is 77.1 Å². The van der Waals surface area contributed by atoms with Gasteiger partial charge in [-0.3, -0.25) is 4.79 Å². The Balaban J connectivity index is 1.91. The van der Waals surface area contributed by atoms with Crippen LogP contribution in [0.15, 0.2) is 54.7 Å². The number of amides is 1. The summed E-state index contributed by atoms with van der Waals surface area (Å²) in [4.78, 5) is 24.0. The van der Waals surface area contributed by atoms with Crippen LogP contribution in [0.5, 0.6) is 0 Å². The van der Waals surface area contributed by atoms with Gasteiger partial charge in [0.25, 0.3) is 5.91 Å². The van der Waals surface area contributed by atoms with E-state index in [1.807, 2.05) is 30.3 Å². The van der Waals surface area contributed by atoms with Gasteiger partial charge in [0.05, 0.1) is 34.4 Å². The Labute approximate surface area is 144 Å². The zero-order chi connectivity index (χ0) is 18.0. The maximum Gasteiger partial charge on any atom is 0.337 e. The Morgan fingerprint density at radius 1 is 1.04 bits per heavy atom. The molecule has 0 saturated heterocycles. The standard InChI is InChI=1S/C19H17N3O3/c1-12-8-9-17(15(10-12)19(24)25)21-18(23)16-11-20-22(13(16)2)14-6-4-3-5-7-14/h3-11H,1-2H3,(H,21,23)(H,24,25). The topological polar surface area (TPSA) is 84.2 Å². The summed E-state index contributed by atoms with van der Waals surface area (Å²) in [6.07, 6.45) is 1.48. The molecule has 126 valence electrons. The van der Waals surface area contributed by atoms with Crippen molar-refractivity contribution in [2.45, 2.75) is 13.8 Å². The highest BCUT2D eigenvalue weighted by Gasteiger charge is 2.18. The average molecular weight is 335 g/mol. The highest BCUT2D eigenvalue weighted by molar-refractivity contribution is 6.08. The Bertz CT molecular complexity index is 946. The third kappa shape index (κ3) is 3.28. The van der Waals surface area contributed by atoms with Crippen molar-refractivity contribution in [2.75, 3.05) is 5.32 Å². The van der Waals surface area contributed by atoms with Crippen LogP contribution in [0, 0.1) is 13.8 Å². The van der Waals surface area contributed by atoms with Crippen molar-refractivity contribution in [3.8, 4) is 5.69 Å². The van der Waals surface area contributed by atoms with Crippen LogP contribution in [-0.4, -0.2) is 26.8 Å². The van der Waals surface area contributed by atoms with Crippen LogP contribution in [0.3, 0.4) is 0 Å². The summed E-state index contributed by atoms with van der Waals surface area (Å²) >= 11 is 0. The van der Waals surface area contributed by atoms with Crippen LogP contribution in [-0.2, 0) is 0 Å². The quantitative estimate of drug-likeness (QED) is 0.765. The van der Waals surface area contributed by atoms with E-state index >= 15 is 0 Å². The molecule has 0 saturated carbocycles. The molecule has 0 atom stereocenters. The molecule has 1 amide bonds. The molecule has 2 aromatic carbocycles. The minimum Gasteiger partial charge on any atom is -0.478 e. The molecule has 0 unspecified atom stereocenters. The van der Waals surface area contributed by atoms with Crippen LogP contribution in [0.1, 0.15) is 32.0 Å². The van der Waals surface area contributed by atoms with E-state index in [9.17, 15) is 14.7 Å². The second-order valence-corrected chi connectivity index (χ2v) is 5.70. The van der Waals surface area contributed by atoms with E-state index < -0.39 is 11.9 Å². The van der Waals surface area contributed by atoms with E-state index in [0.717, 1.165) is 11.3 Å². The molecule has 3 rings (SSSR count). The lowest BCUT2D eigenvalue weighted by Crippen LogP contribution is -2.15. The fraction of sp³-hybridized carbons (Fsp3) is 0.105. The number of carboxylic acids is 1. The lowest BCUT2D eigenvalue weighted by molar-refractivity contribution is 0.0698. The van der Waals surface area contributed by atoms with Gasteiger partial charge in [-0.25, -0.2) is 9.48 Å². The molecule has 0 aliphatic rings. The number of aryl methyl sites for hydroxylation is 1. The van der Waals surface area contributed by atoms with Gasteiger partial charge in [0, 0.05) is 0 Å². The molecule has 6 nitrogen and oxygen atoms in total. The number of carboxylic acid groups (broad SMARTS) is 1. The van der Waals surface area contributed by atoms with Gasteiger partial charge in [-0.15, -0.1) is 0 Å². The third-order valence-corrected chi connectivity index (χ3v) is 3.91. The van der Waals surface area contributed by atoms with Gasteiger partial charge in [0.15, 0.2) is 0 Å². The third-order valence-electron chi connectivity index (χ3n) is 3.91. The van der Waals surface area contributed by atoms with Crippen LogP contribution < -0.4 is 5.32 Å². The minimum atomic E-state index is -1.09. The maximum atomic E-state index is 12.6. The first-order chi connectivity index (χ1) is 12.0. The van der Waals surface area contributed by atoms with E-state index in [2.05, 4.69) is 10.4 Å². The van der Waals surface area contributed by atoms with Crippen LogP contribution >= 0.6 is 0 Å². The van der Waals surface area contributed by atoms with Gasteiger partial charge in [-0.2, -0.15) is 5.10 Å². The van der Waals surface area contributed by atoms with Crippen LogP contribution in [0.25, 0.3) is 5.69 Å². The van der Waals surface area contributed by atoms with Crippen LogP contribution in [0.2, 0.25) is 0 Å². The zero-order valence-corrected chi connectivity index (χ0v) is 13.9. The average Bonchev–Trinajstić information content (AvgIpc) is 2.98. The van der Waals surface area contributed by atoms with Crippen molar-refractivity contribution in [1.29, 1.82) is 0 Å². The van der Waals surface area contributed by atoms with E-state index in [-0.39, 0.29) is 11.3 Å². The number of nitrogens with one attached hydrogen (secondary N) is 1. The Morgan fingerprint density at radius 3 is 2.44 bits per heavy atom. The molecular weight excluding hydrogens is 318 g/mol. The fourth-order valence-electron chi connectivity index (χ4n) is 2.60. The smallest absolute Gasteiger partial charge is 0.337 e. The van der Waals surface area contributed by atoms with E-state index in [1.54, 1.807) is 30.7 Å². The second kappa shape index (κ2) is 6.60. The summed E-state index contributed by atoms with van der Waals surface area (Å²) in [5.41, 5.74) is 3.04. The number of nitrogens with zero attached hydrogens (tertiary/aromatic N) is 2. The first-order valence-corrected chi connectivity index (χ1v) is 7.72. The van der Waals surface area contributed by atoms with Gasteiger partial charge in [0.2, 0.25) is 0 Å². The number of rotatable bonds is 4. The molecule has 0 spiro atoms. The summed E-state index contributed by atoms with van der Waals surface area (Å²) < 4.78 is 1.67. The lowest BCUT2D eigenvalue weighted by Gasteiger charge is -2.09. The van der Waals surface area contributed by atoms with Gasteiger partial charge in [-0.05, 0) is 38.1 Å². The Morgan fingerprint density at radius 2 is 1.76 bits per heavy atom. The van der Waals surface area contributed by atoms with E-state index in [4.69, 9.17) is 0 Å². The second-order valence-electron chi connectivity index (χ2n) is 5.70. The largest absolute Gasteiger partial charge is 0.478 e. The normalized spacial score (nSPS) is 10.5. The van der Waals surface area contributed by atoms with E-state index in [0.29, 0.717) is 11.3 Å². The summed E-state index contributed by atoms with van der Waals surface area (Å²) in [6.45, 7) is 3.59. The number of benzene rings is 2. The van der Waals surface area contributed by atoms with E-state index in [1.165, 1.54) is 12.3 Å². The Hall–Kier alpha value is -3.41. The molecule has 0 aliphatic heterocycles. The monoisotopic (exact) mass is 335 g/mol. The number of anilines is 1. The van der Waals surface area contributed by atoms with Gasteiger partial charge < -0.3 is 10.4 Å². The van der Waals surface area contributed by atoms with Crippen molar-refractivity contribution in [2.24, 2.45) is 0 Å². The SMILES string of the molecule is Cc1ccc(NC(=O)c2cnn(-c3ccccc3)c2C)c(C(=O)O)c1. The number of carbonyl (C=O) groups excluding carboxylic acids is 1. The minimum absolute atomic E-state index is 0.0569. The fourth-order valence-corrected chi connectivity index (χ4v) is 2.60. The lowest BCUT2D eigenvalue weighted by atomic mass is 10.1. The molecule has 1 aromatic heterocycles. The number of para-hydroxylation sites is 1. The van der Waals surface area contributed by atoms with Crippen molar-refractivity contribution < 1.29 is 14.7 Å². The highest BCUT2D eigenvalue weighted by Crippen LogP contribution is 2.20. The molecule has 25 heavy (non-hydrogen) atoms. The first-order valence-electron chi connectivity index (χ1n) is 7.72. The molecule has 0 aliphatic carbocycles. The molecule has 0 bridgehead atoms. The summed E-state index contributed by atoms with van der Waals surface area (Å²) in [5.74, 6) is -1.48. The molecule has 0 radical (unpaired) electrons. The predicted molar refractivity (Wildman–Crippen MR) is 94.4 cm³/mol. The van der Waals surface area contributed by atoms with Crippen LogP contribution in [0.4, 0.5) is 5.69 Å². The molecule has 2 N–H and O–H groups in total. The number of carbonyl (C=O) groups is 2. The predicted octanol–water partition coefficient (Wildman–Crippen LogP) is 3.44. The number of aromatic carboxylic acids is 1. The number of hydrogen-bond donors (Lipinski definition) is 2. The summed E-state index contributed by atoms with van der Waals surface area (Å²) in [6, 6.07) is 14.3. The number of aromatic nitrogens is 2. The highest BCUT2D eigenvalue weighted by atomic mass is 16.4. The maximum absolute atomic E-state index is 12.6. The molecule has 3 aromatic rings. The molecule has 1 heterocycles. The van der Waals surface area contributed by atoms with Gasteiger partial charge in [0.1, 0.15) is 0 Å². The Kier molecular flexibility index (Phi) is 4.35. The van der Waals surface area contributed by atoms with Gasteiger partial charge >= 0.3 is 5.97 Å². The first kappa shape index (κ1) is 16.4. The molecule has 0 fully saturated rings. The van der Waals surface area contributed by atoms with Gasteiger partial charge in [-0.1, -0.05) is 29.8 Å². The zero-order valence-electron chi connectivity index (χ0n) is 13.9. The summed E-state index contributed by atoms with van der Waals surface area (Å²) in [7, 11) is 0. The van der Waals surface area contributed by atoms with Crippen molar-refractivity contribution >= 4 is 17.6 Å². The number of hydrogen-bond acceptors (Lipinski definition) is 3. The molecule has 6 heteroatoms. The summed E-state index contributed by atoms with van der Waals surface area (Å²) in [5, 5.41) is 16.2. The van der Waals surface area contributed by atoms with Crippen molar-refractivity contribution in [3.63, 3.8) is 0 Å². The van der Waals surface area contributed by atoms with Crippen molar-refractivity contribution in [1.82, 2.24) is 9.78 Å². The molecular formula is C19H17N3O3.